The molecular formula is C24H30BN7O2. The van der Waals surface area contributed by atoms with Crippen LogP contribution < -0.4 is 21.2 Å². The van der Waals surface area contributed by atoms with Crippen LogP contribution in [0.25, 0.3) is 11.3 Å². The van der Waals surface area contributed by atoms with E-state index >= 15 is 0 Å². The summed E-state index contributed by atoms with van der Waals surface area (Å²) in [5.74, 6) is -0.338. The summed E-state index contributed by atoms with van der Waals surface area (Å²) in [6, 6.07) is 10.1. The standard InChI is InChI=1S/C24H30BN7O2/c25-29-9-2-1-3-17-4-6-18(7-5-17)19-16-28-23(26)22(30-19)24(33)31-20-15-27-10-8-21(20)32-11-13-34-14-12-32/h4-8,10,15-16,29H,1-3,9,11-14,25H2,(H2,26,28)(H,31,33). The number of hydrogen-bond donors (Lipinski definition) is 3. The first kappa shape index (κ1) is 23.7. The van der Waals surface area contributed by atoms with Gasteiger partial charge in [0.25, 0.3) is 5.91 Å². The largest absolute Gasteiger partial charge is 0.382 e. The fourth-order valence-electron chi connectivity index (χ4n) is 3.92. The van der Waals surface area contributed by atoms with E-state index in [-0.39, 0.29) is 11.5 Å². The Kier molecular flexibility index (Phi) is 8.06. The molecule has 3 aromatic rings. The molecule has 0 bridgehead atoms. The summed E-state index contributed by atoms with van der Waals surface area (Å²) < 4.78 is 5.44. The van der Waals surface area contributed by atoms with Crippen molar-refractivity contribution in [2.75, 3.05) is 48.8 Å². The number of carbonyl (C=O) groups is 1. The fourth-order valence-corrected chi connectivity index (χ4v) is 3.92. The summed E-state index contributed by atoms with van der Waals surface area (Å²) >= 11 is 0. The smallest absolute Gasteiger partial charge is 0.278 e. The number of aryl methyl sites for hydroxylation is 1. The summed E-state index contributed by atoms with van der Waals surface area (Å²) in [6.07, 6.45) is 8.24. The third-order valence-electron chi connectivity index (χ3n) is 5.81. The van der Waals surface area contributed by atoms with Crippen molar-refractivity contribution in [3.63, 3.8) is 0 Å². The number of anilines is 3. The number of nitrogen functional groups attached to an aromatic ring is 1. The van der Waals surface area contributed by atoms with Crippen LogP contribution >= 0.6 is 0 Å². The van der Waals surface area contributed by atoms with Crippen molar-refractivity contribution < 1.29 is 9.53 Å². The summed E-state index contributed by atoms with van der Waals surface area (Å²) in [6.45, 7) is 3.80. The second-order valence-electron chi connectivity index (χ2n) is 8.19. The van der Waals surface area contributed by atoms with Crippen molar-refractivity contribution >= 4 is 31.1 Å². The molecule has 0 spiro atoms. The van der Waals surface area contributed by atoms with Gasteiger partial charge in [-0.3, -0.25) is 9.78 Å². The number of ether oxygens (including phenoxy) is 1. The number of aromatic nitrogens is 3. The molecule has 176 valence electrons. The Balaban J connectivity index is 1.49. The number of nitrogens with two attached hydrogens (primary N) is 1. The predicted molar refractivity (Wildman–Crippen MR) is 137 cm³/mol. The molecule has 0 aliphatic carbocycles. The van der Waals surface area contributed by atoms with Crippen LogP contribution in [0.3, 0.4) is 0 Å². The summed E-state index contributed by atoms with van der Waals surface area (Å²) in [7, 11) is 1.97. The van der Waals surface area contributed by atoms with E-state index in [1.165, 1.54) is 5.56 Å². The molecule has 9 nitrogen and oxygen atoms in total. The van der Waals surface area contributed by atoms with E-state index in [1.807, 2.05) is 26.2 Å². The highest BCUT2D eigenvalue weighted by molar-refractivity contribution is 6.07. The van der Waals surface area contributed by atoms with Crippen LogP contribution in [0, 0.1) is 0 Å². The first-order valence-corrected chi connectivity index (χ1v) is 11.6. The van der Waals surface area contributed by atoms with E-state index in [1.54, 1.807) is 18.6 Å². The van der Waals surface area contributed by atoms with Gasteiger partial charge in [-0.15, -0.1) is 0 Å². The molecule has 1 aliphatic rings. The monoisotopic (exact) mass is 459 g/mol. The van der Waals surface area contributed by atoms with Crippen LogP contribution in [0.2, 0.25) is 0 Å². The molecule has 1 saturated heterocycles. The van der Waals surface area contributed by atoms with Gasteiger partial charge in [0, 0.05) is 24.8 Å². The lowest BCUT2D eigenvalue weighted by Crippen LogP contribution is -2.36. The lowest BCUT2D eigenvalue weighted by Gasteiger charge is -2.30. The average molecular weight is 459 g/mol. The predicted octanol–water partition coefficient (Wildman–Crippen LogP) is 1.67. The van der Waals surface area contributed by atoms with E-state index in [0.29, 0.717) is 24.6 Å². The zero-order valence-corrected chi connectivity index (χ0v) is 19.5. The second-order valence-corrected chi connectivity index (χ2v) is 8.19. The fraction of sp³-hybridized carbons (Fsp3) is 0.333. The van der Waals surface area contributed by atoms with Gasteiger partial charge in [-0.05, 0) is 37.4 Å². The summed E-state index contributed by atoms with van der Waals surface area (Å²) in [4.78, 5) is 28.2. The van der Waals surface area contributed by atoms with Crippen LogP contribution in [0.1, 0.15) is 28.9 Å². The number of carbonyl (C=O) groups excluding carboxylic acids is 1. The molecule has 0 atom stereocenters. The molecule has 4 rings (SSSR count). The highest BCUT2D eigenvalue weighted by atomic mass is 16.5. The molecule has 4 N–H and O–H groups in total. The van der Waals surface area contributed by atoms with E-state index in [2.05, 4.69) is 42.5 Å². The maximum absolute atomic E-state index is 13.1. The lowest BCUT2D eigenvalue weighted by atomic mass is 10.0. The van der Waals surface area contributed by atoms with Gasteiger partial charge in [-0.25, -0.2) is 9.97 Å². The molecule has 0 radical (unpaired) electrons. The van der Waals surface area contributed by atoms with Crippen molar-refractivity contribution in [1.29, 1.82) is 0 Å². The third-order valence-corrected chi connectivity index (χ3v) is 5.81. The van der Waals surface area contributed by atoms with Gasteiger partial charge in [0.2, 0.25) is 0 Å². The van der Waals surface area contributed by atoms with Gasteiger partial charge < -0.3 is 25.9 Å². The number of rotatable bonds is 9. The molecule has 34 heavy (non-hydrogen) atoms. The quantitative estimate of drug-likeness (QED) is 0.327. The lowest BCUT2D eigenvalue weighted by molar-refractivity contribution is 0.102. The molecule has 1 amide bonds. The Morgan fingerprint density at radius 3 is 2.68 bits per heavy atom. The third kappa shape index (κ3) is 5.89. The second kappa shape index (κ2) is 11.6. The minimum Gasteiger partial charge on any atom is -0.382 e. The maximum Gasteiger partial charge on any atom is 0.278 e. The van der Waals surface area contributed by atoms with E-state index in [9.17, 15) is 4.79 Å². The zero-order valence-electron chi connectivity index (χ0n) is 19.5. The highest BCUT2D eigenvalue weighted by Crippen LogP contribution is 2.27. The van der Waals surface area contributed by atoms with Crippen molar-refractivity contribution in [3.05, 3.63) is 60.2 Å². The van der Waals surface area contributed by atoms with Crippen molar-refractivity contribution in [2.45, 2.75) is 19.3 Å². The van der Waals surface area contributed by atoms with Gasteiger partial charge in [0.1, 0.15) is 0 Å². The van der Waals surface area contributed by atoms with Crippen molar-refractivity contribution in [2.24, 2.45) is 0 Å². The Labute approximate surface area is 200 Å². The molecule has 1 fully saturated rings. The SMILES string of the molecule is BNCCCCc1ccc(-c2cnc(N)c(C(=O)Nc3cnccc3N3CCOCC3)n2)cc1. The van der Waals surface area contributed by atoms with E-state index in [4.69, 9.17) is 10.5 Å². The Bertz CT molecular complexity index is 1100. The number of amides is 1. The van der Waals surface area contributed by atoms with Crippen LogP contribution in [0.15, 0.2) is 48.9 Å². The van der Waals surface area contributed by atoms with Crippen LogP contribution in [0.4, 0.5) is 17.2 Å². The van der Waals surface area contributed by atoms with Gasteiger partial charge in [0.05, 0.1) is 42.7 Å². The summed E-state index contributed by atoms with van der Waals surface area (Å²) in [5.41, 5.74) is 10.4. The van der Waals surface area contributed by atoms with Crippen molar-refractivity contribution in [3.8, 4) is 11.3 Å². The van der Waals surface area contributed by atoms with E-state index < -0.39 is 5.91 Å². The topological polar surface area (TPSA) is 118 Å². The Morgan fingerprint density at radius 1 is 1.12 bits per heavy atom. The van der Waals surface area contributed by atoms with Crippen molar-refractivity contribution in [1.82, 2.24) is 20.2 Å². The number of nitrogens with one attached hydrogen (secondary N) is 2. The first-order chi connectivity index (χ1) is 16.7. The Hall–Kier alpha value is -3.50. The van der Waals surface area contributed by atoms with Crippen LogP contribution in [-0.2, 0) is 11.2 Å². The number of unbranched alkanes of at least 4 members (excludes halogenated alkanes) is 1. The number of benzene rings is 1. The molecule has 0 saturated carbocycles. The number of hydrogen-bond acceptors (Lipinski definition) is 8. The summed E-state index contributed by atoms with van der Waals surface area (Å²) in [5, 5.41) is 6.08. The Morgan fingerprint density at radius 2 is 1.91 bits per heavy atom. The normalized spacial score (nSPS) is 13.6. The minimum absolute atomic E-state index is 0.0826. The van der Waals surface area contributed by atoms with Gasteiger partial charge in [-0.2, -0.15) is 0 Å². The van der Waals surface area contributed by atoms with Gasteiger partial charge >= 0.3 is 0 Å². The molecule has 10 heteroatoms. The maximum atomic E-state index is 13.1. The van der Waals surface area contributed by atoms with Crippen LogP contribution in [-0.4, -0.2) is 61.7 Å². The van der Waals surface area contributed by atoms with Gasteiger partial charge in [0.15, 0.2) is 19.5 Å². The van der Waals surface area contributed by atoms with E-state index in [0.717, 1.165) is 50.1 Å². The number of pyridine rings is 1. The average Bonchev–Trinajstić information content (AvgIpc) is 2.88. The zero-order chi connectivity index (χ0) is 23.8. The molecule has 2 aromatic heterocycles. The van der Waals surface area contributed by atoms with Gasteiger partial charge in [-0.1, -0.05) is 24.3 Å². The number of morpholine rings is 1. The highest BCUT2D eigenvalue weighted by Gasteiger charge is 2.19. The first-order valence-electron chi connectivity index (χ1n) is 11.6. The number of nitrogens with zero attached hydrogens (tertiary/aromatic N) is 4. The molecule has 0 unspecified atom stereocenters. The minimum atomic E-state index is -0.421. The molecule has 1 aromatic carbocycles. The molecule has 3 heterocycles. The molecule has 1 aliphatic heterocycles. The molecular weight excluding hydrogens is 429 g/mol. The van der Waals surface area contributed by atoms with Crippen LogP contribution in [0.5, 0.6) is 0 Å².